The number of piperidine rings is 1. The second-order valence-corrected chi connectivity index (χ2v) is 9.83. The predicted octanol–water partition coefficient (Wildman–Crippen LogP) is 2.79. The molecule has 4 rings (SSSR count). The molecule has 1 aromatic rings. The van der Waals surface area contributed by atoms with Gasteiger partial charge in [-0.25, -0.2) is 13.1 Å². The molecule has 1 N–H and O–H groups in total. The van der Waals surface area contributed by atoms with Gasteiger partial charge in [-0.3, -0.25) is 4.79 Å². The summed E-state index contributed by atoms with van der Waals surface area (Å²) in [5, 5.41) is 0. The third kappa shape index (κ3) is 3.72. The van der Waals surface area contributed by atoms with E-state index >= 15 is 0 Å². The molecule has 7 heteroatoms. The highest BCUT2D eigenvalue weighted by atomic mass is 32.2. The average molecular weight is 393 g/mol. The van der Waals surface area contributed by atoms with Crippen LogP contribution in [0, 0.1) is 11.8 Å². The number of hydrogen-bond acceptors (Lipinski definition) is 4. The van der Waals surface area contributed by atoms with Crippen LogP contribution in [0.15, 0.2) is 23.1 Å². The molecule has 3 fully saturated rings. The van der Waals surface area contributed by atoms with Crippen LogP contribution in [0.25, 0.3) is 0 Å². The van der Waals surface area contributed by atoms with Crippen molar-refractivity contribution in [3.63, 3.8) is 0 Å². The lowest BCUT2D eigenvalue weighted by atomic mass is 9.96. The summed E-state index contributed by atoms with van der Waals surface area (Å²) in [4.78, 5) is 14.9. The number of carbonyl (C=O) groups is 1. The van der Waals surface area contributed by atoms with Crippen molar-refractivity contribution in [2.24, 2.45) is 11.8 Å². The van der Waals surface area contributed by atoms with Gasteiger partial charge in [0.25, 0.3) is 5.91 Å². The number of ether oxygens (including phenoxy) is 1. The van der Waals surface area contributed by atoms with Gasteiger partial charge in [-0.1, -0.05) is 6.42 Å². The summed E-state index contributed by atoms with van der Waals surface area (Å²) < 4.78 is 34.1. The lowest BCUT2D eigenvalue weighted by Gasteiger charge is -2.27. The topological polar surface area (TPSA) is 75.7 Å². The van der Waals surface area contributed by atoms with Crippen molar-refractivity contribution >= 4 is 15.9 Å². The summed E-state index contributed by atoms with van der Waals surface area (Å²) in [6.45, 7) is 1.42. The van der Waals surface area contributed by atoms with Gasteiger partial charge in [-0.2, -0.15) is 0 Å². The molecule has 1 aliphatic heterocycles. The van der Waals surface area contributed by atoms with E-state index in [1.165, 1.54) is 25.7 Å². The zero-order valence-corrected chi connectivity index (χ0v) is 16.6. The molecular weight excluding hydrogens is 364 g/mol. The maximum atomic E-state index is 12.9. The number of hydrogen-bond donors (Lipinski definition) is 1. The number of rotatable bonds is 5. The number of likely N-dealkylation sites (tertiary alicyclic amines) is 1. The number of carbonyl (C=O) groups excluding carboxylic acids is 1. The van der Waals surface area contributed by atoms with Crippen molar-refractivity contribution in [1.82, 2.24) is 9.62 Å². The minimum atomic E-state index is -3.65. The number of fused-ring (bicyclic) bond motifs is 2. The number of nitrogens with zero attached hydrogens (tertiary/aromatic N) is 1. The summed E-state index contributed by atoms with van der Waals surface area (Å²) in [6.07, 6.45) is 7.49. The van der Waals surface area contributed by atoms with Gasteiger partial charge in [0.15, 0.2) is 0 Å². The number of sulfonamides is 1. The molecule has 3 aliphatic rings. The number of nitrogens with one attached hydrogen (secondary N) is 1. The third-order valence-electron chi connectivity index (χ3n) is 6.40. The molecule has 2 saturated carbocycles. The highest BCUT2D eigenvalue weighted by Gasteiger charge is 2.41. The molecule has 3 atom stereocenters. The molecule has 0 radical (unpaired) electrons. The first-order valence-corrected chi connectivity index (χ1v) is 11.5. The lowest BCUT2D eigenvalue weighted by molar-refractivity contribution is 0.0720. The average Bonchev–Trinajstić information content (AvgIpc) is 3.30. The second kappa shape index (κ2) is 7.43. The Kier molecular flexibility index (Phi) is 5.16. The summed E-state index contributed by atoms with van der Waals surface area (Å²) >= 11 is 0. The quantitative estimate of drug-likeness (QED) is 0.836. The van der Waals surface area contributed by atoms with Gasteiger partial charge in [-0.05, 0) is 68.6 Å². The molecule has 27 heavy (non-hydrogen) atoms. The third-order valence-corrected chi connectivity index (χ3v) is 7.89. The van der Waals surface area contributed by atoms with Gasteiger partial charge in [0.2, 0.25) is 10.0 Å². The van der Waals surface area contributed by atoms with Gasteiger partial charge in [-0.15, -0.1) is 0 Å². The zero-order valence-electron chi connectivity index (χ0n) is 15.8. The first-order chi connectivity index (χ1) is 13.0. The van der Waals surface area contributed by atoms with Crippen LogP contribution in [0.2, 0.25) is 0 Å². The van der Waals surface area contributed by atoms with Crippen LogP contribution in [-0.2, 0) is 10.0 Å². The monoisotopic (exact) mass is 392 g/mol. The molecule has 0 spiro atoms. The molecule has 0 unspecified atom stereocenters. The minimum absolute atomic E-state index is 0.0251. The Balaban J connectivity index is 1.58. The van der Waals surface area contributed by atoms with E-state index in [9.17, 15) is 13.2 Å². The Bertz CT molecular complexity index is 817. The molecule has 0 aromatic heterocycles. The first-order valence-electron chi connectivity index (χ1n) is 9.97. The van der Waals surface area contributed by atoms with E-state index in [1.54, 1.807) is 11.0 Å². The Morgan fingerprint density at radius 2 is 1.93 bits per heavy atom. The Hall–Kier alpha value is -1.60. The van der Waals surface area contributed by atoms with E-state index in [1.807, 2.05) is 0 Å². The highest BCUT2D eigenvalue weighted by molar-refractivity contribution is 7.89. The van der Waals surface area contributed by atoms with Crippen molar-refractivity contribution < 1.29 is 17.9 Å². The van der Waals surface area contributed by atoms with E-state index in [4.69, 9.17) is 4.74 Å². The molecule has 1 saturated heterocycles. The fourth-order valence-electron chi connectivity index (χ4n) is 4.95. The summed E-state index contributed by atoms with van der Waals surface area (Å²) in [7, 11) is -2.15. The van der Waals surface area contributed by atoms with E-state index in [-0.39, 0.29) is 16.8 Å². The molecule has 2 bridgehead atoms. The number of methoxy groups -OCH3 is 1. The van der Waals surface area contributed by atoms with Crippen LogP contribution < -0.4 is 9.46 Å². The summed E-state index contributed by atoms with van der Waals surface area (Å²) in [5.41, 5.74) is 0.329. The molecule has 1 heterocycles. The molecular formula is C20H28N2O4S. The molecule has 148 valence electrons. The van der Waals surface area contributed by atoms with Crippen LogP contribution in [0.1, 0.15) is 55.3 Å². The Morgan fingerprint density at radius 3 is 2.56 bits per heavy atom. The van der Waals surface area contributed by atoms with Crippen LogP contribution in [0.4, 0.5) is 0 Å². The molecule has 1 amide bonds. The van der Waals surface area contributed by atoms with Crippen molar-refractivity contribution in [3.05, 3.63) is 23.8 Å². The minimum Gasteiger partial charge on any atom is -0.496 e. The predicted molar refractivity (Wildman–Crippen MR) is 102 cm³/mol. The van der Waals surface area contributed by atoms with E-state index in [2.05, 4.69) is 4.72 Å². The standard InChI is InChI=1S/C20H28N2O4S/c1-26-19-8-7-16(13-17(19)20(23)22-9-3-2-4-10-22)27(24,25)21-18-12-14-5-6-15(18)11-14/h7-8,13-15,18,21H,2-6,9-12H2,1H3/t14-,15-,18-/m1/s1. The van der Waals surface area contributed by atoms with Crippen LogP contribution in [0.3, 0.4) is 0 Å². The highest BCUT2D eigenvalue weighted by Crippen LogP contribution is 2.44. The number of benzene rings is 1. The largest absolute Gasteiger partial charge is 0.496 e. The van der Waals surface area contributed by atoms with Crippen LogP contribution >= 0.6 is 0 Å². The SMILES string of the molecule is COc1ccc(S(=O)(=O)N[C@@H]2C[C@@H]3CC[C@@H]2C3)cc1C(=O)N1CCCCC1. The molecule has 6 nitrogen and oxygen atoms in total. The van der Waals surface area contributed by atoms with Crippen molar-refractivity contribution in [2.75, 3.05) is 20.2 Å². The van der Waals surface area contributed by atoms with E-state index < -0.39 is 10.0 Å². The van der Waals surface area contributed by atoms with Gasteiger partial charge >= 0.3 is 0 Å². The maximum Gasteiger partial charge on any atom is 0.257 e. The zero-order chi connectivity index (χ0) is 19.0. The van der Waals surface area contributed by atoms with Crippen LogP contribution in [-0.4, -0.2) is 45.5 Å². The van der Waals surface area contributed by atoms with Gasteiger partial charge in [0, 0.05) is 19.1 Å². The fraction of sp³-hybridized carbons (Fsp3) is 0.650. The molecule has 2 aliphatic carbocycles. The van der Waals surface area contributed by atoms with Crippen LogP contribution in [0.5, 0.6) is 5.75 Å². The second-order valence-electron chi connectivity index (χ2n) is 8.12. The fourth-order valence-corrected chi connectivity index (χ4v) is 6.29. The van der Waals surface area contributed by atoms with Crippen molar-refractivity contribution in [2.45, 2.75) is 55.9 Å². The summed E-state index contributed by atoms with van der Waals surface area (Å²) in [5.74, 6) is 1.39. The Morgan fingerprint density at radius 1 is 1.15 bits per heavy atom. The smallest absolute Gasteiger partial charge is 0.257 e. The van der Waals surface area contributed by atoms with Gasteiger partial charge in [0.1, 0.15) is 5.75 Å². The van der Waals surface area contributed by atoms with Gasteiger partial charge < -0.3 is 9.64 Å². The van der Waals surface area contributed by atoms with Gasteiger partial charge in [0.05, 0.1) is 17.6 Å². The summed E-state index contributed by atoms with van der Waals surface area (Å²) in [6, 6.07) is 4.62. The van der Waals surface area contributed by atoms with Crippen molar-refractivity contribution in [3.8, 4) is 5.75 Å². The Labute approximate surface area is 161 Å². The maximum absolute atomic E-state index is 12.9. The van der Waals surface area contributed by atoms with E-state index in [0.717, 1.165) is 38.5 Å². The number of amides is 1. The van der Waals surface area contributed by atoms with E-state index in [0.29, 0.717) is 36.2 Å². The first kappa shape index (κ1) is 18.7. The normalized spacial score (nSPS) is 27.7. The lowest BCUT2D eigenvalue weighted by Crippen LogP contribution is -2.38. The molecule has 1 aromatic carbocycles. The van der Waals surface area contributed by atoms with Crippen molar-refractivity contribution in [1.29, 1.82) is 0 Å².